The van der Waals surface area contributed by atoms with Gasteiger partial charge in [0.15, 0.2) is 0 Å². The van der Waals surface area contributed by atoms with Gasteiger partial charge in [0.1, 0.15) is 11.5 Å². The molecule has 0 saturated heterocycles. The van der Waals surface area contributed by atoms with Gasteiger partial charge in [0.2, 0.25) is 0 Å². The predicted molar refractivity (Wildman–Crippen MR) is 59.3 cm³/mol. The second-order valence-electron chi connectivity index (χ2n) is 3.84. The number of aromatic nitrogens is 1. The highest BCUT2D eigenvalue weighted by atomic mass is 19.1. The highest BCUT2D eigenvalue weighted by molar-refractivity contribution is 5.92. The molecule has 1 rings (SSSR count). The van der Waals surface area contributed by atoms with Gasteiger partial charge in [-0.2, -0.15) is 0 Å². The van der Waals surface area contributed by atoms with E-state index in [1.54, 1.807) is 0 Å². The van der Waals surface area contributed by atoms with E-state index in [1.807, 2.05) is 13.8 Å². The number of hydrogen-bond acceptors (Lipinski definition) is 3. The van der Waals surface area contributed by atoms with Gasteiger partial charge in [-0.1, -0.05) is 6.92 Å². The number of carbonyl (C=O) groups excluding carboxylic acids is 1. The number of hydrogen-bond donors (Lipinski definition) is 2. The predicted octanol–water partition coefficient (Wildman–Crippen LogP) is 0.934. The third-order valence-corrected chi connectivity index (χ3v) is 2.54. The Balaban J connectivity index is 2.62. The van der Waals surface area contributed by atoms with Crippen molar-refractivity contribution in [1.29, 1.82) is 0 Å². The summed E-state index contributed by atoms with van der Waals surface area (Å²) >= 11 is 0. The van der Waals surface area contributed by atoms with Gasteiger partial charge in [0.25, 0.3) is 5.91 Å². The molecule has 1 aromatic heterocycles. The van der Waals surface area contributed by atoms with E-state index in [0.717, 1.165) is 6.20 Å². The normalized spacial score (nSPS) is 14.2. The molecular weight excluding hydrogens is 209 g/mol. The Hall–Kier alpha value is -1.49. The first-order chi connectivity index (χ1) is 7.54. The van der Waals surface area contributed by atoms with Crippen LogP contribution in [0.15, 0.2) is 18.3 Å². The topological polar surface area (TPSA) is 68.0 Å². The van der Waals surface area contributed by atoms with Crippen LogP contribution in [0.25, 0.3) is 0 Å². The Labute approximate surface area is 94.1 Å². The van der Waals surface area contributed by atoms with Crippen LogP contribution in [0.4, 0.5) is 4.39 Å². The van der Waals surface area contributed by atoms with Crippen LogP contribution in [0.2, 0.25) is 0 Å². The zero-order chi connectivity index (χ0) is 12.1. The van der Waals surface area contributed by atoms with Gasteiger partial charge >= 0.3 is 0 Å². The zero-order valence-corrected chi connectivity index (χ0v) is 9.40. The molecule has 1 aromatic rings. The lowest BCUT2D eigenvalue weighted by atomic mass is 10.0. The average molecular weight is 225 g/mol. The fourth-order valence-corrected chi connectivity index (χ4v) is 1.14. The van der Waals surface area contributed by atoms with Crippen molar-refractivity contribution in [1.82, 2.24) is 10.3 Å². The number of nitrogens with zero attached hydrogens (tertiary/aromatic N) is 1. The van der Waals surface area contributed by atoms with Crippen molar-refractivity contribution in [3.05, 3.63) is 29.8 Å². The lowest BCUT2D eigenvalue weighted by molar-refractivity contribution is 0.0924. The molecule has 0 bridgehead atoms. The minimum Gasteiger partial charge on any atom is -0.348 e. The fraction of sp³-hybridized carbons (Fsp3) is 0.455. The molecule has 4 nitrogen and oxygen atoms in total. The van der Waals surface area contributed by atoms with Crippen molar-refractivity contribution < 1.29 is 9.18 Å². The van der Waals surface area contributed by atoms with E-state index in [1.165, 1.54) is 12.1 Å². The third-order valence-electron chi connectivity index (χ3n) is 2.54. The summed E-state index contributed by atoms with van der Waals surface area (Å²) in [4.78, 5) is 15.3. The monoisotopic (exact) mass is 225 g/mol. The summed E-state index contributed by atoms with van der Waals surface area (Å²) < 4.78 is 12.6. The maximum absolute atomic E-state index is 12.6. The molecule has 0 aliphatic rings. The Morgan fingerprint density at radius 3 is 2.75 bits per heavy atom. The average Bonchev–Trinajstić information content (AvgIpc) is 2.28. The van der Waals surface area contributed by atoms with E-state index in [-0.39, 0.29) is 23.6 Å². The number of carbonyl (C=O) groups is 1. The standard InChI is InChI=1S/C11H16FN3O/c1-7(5-13)8(2)15-11(16)10-4-3-9(12)6-14-10/h3-4,6-8H,5,13H2,1-2H3,(H,15,16). The van der Waals surface area contributed by atoms with Crippen molar-refractivity contribution in [2.75, 3.05) is 6.54 Å². The van der Waals surface area contributed by atoms with E-state index in [4.69, 9.17) is 5.73 Å². The van der Waals surface area contributed by atoms with Crippen LogP contribution in [-0.4, -0.2) is 23.5 Å². The lowest BCUT2D eigenvalue weighted by Crippen LogP contribution is -2.40. The maximum Gasteiger partial charge on any atom is 0.270 e. The Kier molecular flexibility index (Phi) is 4.37. The largest absolute Gasteiger partial charge is 0.348 e. The molecule has 0 aromatic carbocycles. The van der Waals surface area contributed by atoms with Crippen LogP contribution >= 0.6 is 0 Å². The van der Waals surface area contributed by atoms with Crippen LogP contribution < -0.4 is 11.1 Å². The van der Waals surface area contributed by atoms with E-state index >= 15 is 0 Å². The number of nitrogens with two attached hydrogens (primary N) is 1. The number of pyridine rings is 1. The summed E-state index contributed by atoms with van der Waals surface area (Å²) in [7, 11) is 0. The number of rotatable bonds is 4. The van der Waals surface area contributed by atoms with Gasteiger partial charge in [0.05, 0.1) is 6.20 Å². The fourth-order valence-electron chi connectivity index (χ4n) is 1.14. The van der Waals surface area contributed by atoms with E-state index in [2.05, 4.69) is 10.3 Å². The van der Waals surface area contributed by atoms with Crippen LogP contribution in [0.3, 0.4) is 0 Å². The van der Waals surface area contributed by atoms with Crippen LogP contribution in [0.5, 0.6) is 0 Å². The number of halogens is 1. The minimum absolute atomic E-state index is 0.0376. The van der Waals surface area contributed by atoms with E-state index in [9.17, 15) is 9.18 Å². The van der Waals surface area contributed by atoms with Gasteiger partial charge in [-0.05, 0) is 31.5 Å². The molecule has 88 valence electrons. The smallest absolute Gasteiger partial charge is 0.270 e. The summed E-state index contributed by atoms with van der Waals surface area (Å²) in [6.45, 7) is 4.32. The highest BCUT2D eigenvalue weighted by Gasteiger charge is 2.15. The maximum atomic E-state index is 12.6. The summed E-state index contributed by atoms with van der Waals surface area (Å²) in [6, 6.07) is 2.52. The molecule has 0 radical (unpaired) electrons. The quantitative estimate of drug-likeness (QED) is 0.801. The molecule has 2 atom stereocenters. The van der Waals surface area contributed by atoms with Gasteiger partial charge in [-0.3, -0.25) is 4.79 Å². The molecule has 0 saturated carbocycles. The van der Waals surface area contributed by atoms with Gasteiger partial charge in [-0.15, -0.1) is 0 Å². The summed E-state index contributed by atoms with van der Waals surface area (Å²) in [5, 5.41) is 2.76. The molecule has 5 heteroatoms. The molecule has 0 aliphatic heterocycles. The van der Waals surface area contributed by atoms with E-state index in [0.29, 0.717) is 6.54 Å². The van der Waals surface area contributed by atoms with Crippen LogP contribution in [0.1, 0.15) is 24.3 Å². The minimum atomic E-state index is -0.458. The molecule has 0 fully saturated rings. The molecular formula is C11H16FN3O. The second-order valence-corrected chi connectivity index (χ2v) is 3.84. The number of amides is 1. The molecule has 16 heavy (non-hydrogen) atoms. The van der Waals surface area contributed by atoms with Crippen molar-refractivity contribution in [2.45, 2.75) is 19.9 Å². The van der Waals surface area contributed by atoms with Crippen LogP contribution in [0, 0.1) is 11.7 Å². The summed E-state index contributed by atoms with van der Waals surface area (Å²) in [5.41, 5.74) is 5.70. The van der Waals surface area contributed by atoms with Crippen molar-refractivity contribution >= 4 is 5.91 Å². The van der Waals surface area contributed by atoms with Crippen molar-refractivity contribution in [3.8, 4) is 0 Å². The molecule has 1 heterocycles. The first-order valence-corrected chi connectivity index (χ1v) is 5.17. The Bertz CT molecular complexity index is 353. The first-order valence-electron chi connectivity index (χ1n) is 5.17. The van der Waals surface area contributed by atoms with Gasteiger partial charge in [-0.25, -0.2) is 9.37 Å². The molecule has 0 spiro atoms. The molecule has 1 amide bonds. The Morgan fingerprint density at radius 1 is 1.56 bits per heavy atom. The molecule has 0 aliphatic carbocycles. The SMILES string of the molecule is CC(CN)C(C)NC(=O)c1ccc(F)cn1. The van der Waals surface area contributed by atoms with Gasteiger partial charge in [0, 0.05) is 6.04 Å². The highest BCUT2D eigenvalue weighted by Crippen LogP contribution is 2.02. The number of nitrogens with one attached hydrogen (secondary N) is 1. The molecule has 2 unspecified atom stereocenters. The zero-order valence-electron chi connectivity index (χ0n) is 9.40. The van der Waals surface area contributed by atoms with E-state index < -0.39 is 5.82 Å². The second kappa shape index (κ2) is 5.55. The lowest BCUT2D eigenvalue weighted by Gasteiger charge is -2.19. The van der Waals surface area contributed by atoms with Crippen LogP contribution in [-0.2, 0) is 0 Å². The summed E-state index contributed by atoms with van der Waals surface area (Å²) in [5.74, 6) is -0.586. The van der Waals surface area contributed by atoms with Gasteiger partial charge < -0.3 is 11.1 Å². The third kappa shape index (κ3) is 3.27. The van der Waals surface area contributed by atoms with Crippen molar-refractivity contribution in [3.63, 3.8) is 0 Å². The van der Waals surface area contributed by atoms with Crippen molar-refractivity contribution in [2.24, 2.45) is 11.7 Å². The first kappa shape index (κ1) is 12.6. The Morgan fingerprint density at radius 2 is 2.25 bits per heavy atom. The summed E-state index contributed by atoms with van der Waals surface area (Å²) in [6.07, 6.45) is 1.02. The molecule has 3 N–H and O–H groups in total.